The van der Waals surface area contributed by atoms with Crippen LogP contribution in [-0.2, 0) is 0 Å². The van der Waals surface area contributed by atoms with Crippen LogP contribution in [0.15, 0.2) is 12.5 Å². The van der Waals surface area contributed by atoms with Crippen molar-refractivity contribution in [2.45, 2.75) is 0 Å². The highest BCUT2D eigenvalue weighted by atomic mass is 15.0. The summed E-state index contributed by atoms with van der Waals surface area (Å²) in [4.78, 5) is 15.1. The number of anilines is 1. The fourth-order valence-corrected chi connectivity index (χ4v) is 0.785. The van der Waals surface area contributed by atoms with E-state index in [0.717, 1.165) is 0 Å². The van der Waals surface area contributed by atoms with Gasteiger partial charge in [0.1, 0.15) is 17.4 Å². The fraction of sp³-hybridized carbons (Fsp3) is 0. The highest BCUT2D eigenvalue weighted by molar-refractivity contribution is 5.82. The van der Waals surface area contributed by atoms with Crippen LogP contribution in [0.25, 0.3) is 11.0 Å². The van der Waals surface area contributed by atoms with Gasteiger partial charge in [0.25, 0.3) is 0 Å². The van der Waals surface area contributed by atoms with Gasteiger partial charge in [-0.1, -0.05) is 0 Å². The number of rotatable bonds is 0. The Balaban J connectivity index is 2.91. The van der Waals surface area contributed by atoms with Crippen molar-refractivity contribution in [2.75, 3.05) is 5.73 Å². The lowest BCUT2D eigenvalue weighted by atomic mass is 10.4. The quantitative estimate of drug-likeness (QED) is 0.557. The number of hydrogen-bond donors (Lipinski definition) is 1. The molecule has 53 valence electrons. The minimum absolute atomic E-state index is 0.355. The molecule has 2 aromatic heterocycles. The number of fused-ring (bicyclic) bond motifs is 1. The highest BCUT2D eigenvalue weighted by Crippen LogP contribution is 2.09. The van der Waals surface area contributed by atoms with Crippen molar-refractivity contribution >= 4 is 16.9 Å². The Hall–Kier alpha value is -1.78. The monoisotopic (exact) mass is 146 g/mol. The van der Waals surface area contributed by atoms with Crippen LogP contribution in [0.2, 0.25) is 0 Å². The van der Waals surface area contributed by atoms with Gasteiger partial charge in [-0.25, -0.2) is 19.9 Å². The molecule has 0 saturated carbocycles. The van der Waals surface area contributed by atoms with Crippen LogP contribution in [0.1, 0.15) is 0 Å². The van der Waals surface area contributed by atoms with Crippen molar-refractivity contribution in [3.05, 3.63) is 18.9 Å². The van der Waals surface area contributed by atoms with Crippen LogP contribution < -0.4 is 5.73 Å². The van der Waals surface area contributed by atoms with Crippen LogP contribution in [0.5, 0.6) is 0 Å². The lowest BCUT2D eigenvalue weighted by molar-refractivity contribution is 1.14. The predicted octanol–water partition coefficient (Wildman–Crippen LogP) is -0.198. The van der Waals surface area contributed by atoms with E-state index in [4.69, 9.17) is 5.73 Å². The normalized spacial score (nSPS) is 10.2. The summed E-state index contributed by atoms with van der Waals surface area (Å²) in [5.41, 5.74) is 6.67. The number of hydrogen-bond acceptors (Lipinski definition) is 5. The third-order valence-electron chi connectivity index (χ3n) is 1.29. The summed E-state index contributed by atoms with van der Waals surface area (Å²) in [6, 6.07) is 0. The maximum absolute atomic E-state index is 5.49. The summed E-state index contributed by atoms with van der Waals surface area (Å²) in [5.74, 6) is 0.355. The molecule has 0 fully saturated rings. The summed E-state index contributed by atoms with van der Waals surface area (Å²) in [7, 11) is 0. The largest absolute Gasteiger partial charge is 0.382 e. The lowest BCUT2D eigenvalue weighted by Gasteiger charge is -1.94. The predicted molar refractivity (Wildman–Crippen MR) is 38.4 cm³/mol. The van der Waals surface area contributed by atoms with Crippen LogP contribution in [-0.4, -0.2) is 19.9 Å². The molecule has 0 aromatic carbocycles. The van der Waals surface area contributed by atoms with Gasteiger partial charge in [-0.05, 0) is 0 Å². The summed E-state index contributed by atoms with van der Waals surface area (Å²) < 4.78 is 0. The molecule has 2 aromatic rings. The molecule has 2 heterocycles. The Labute approximate surface area is 62.3 Å². The second-order valence-corrected chi connectivity index (χ2v) is 1.96. The van der Waals surface area contributed by atoms with Crippen molar-refractivity contribution in [1.29, 1.82) is 0 Å². The maximum atomic E-state index is 5.49. The first-order valence-corrected chi connectivity index (χ1v) is 2.97. The standard InChI is InChI=1S/C6H4N5/c7-6-5-4(9-3-11-6)1-8-2-10-5/h1,3H,(H2,7,9,11). The Morgan fingerprint density at radius 1 is 1.36 bits per heavy atom. The molecule has 2 rings (SSSR count). The number of nitrogens with two attached hydrogens (primary N) is 1. The Morgan fingerprint density at radius 3 is 3.09 bits per heavy atom. The Morgan fingerprint density at radius 2 is 2.27 bits per heavy atom. The zero-order chi connectivity index (χ0) is 7.68. The van der Waals surface area contributed by atoms with E-state index in [1.165, 1.54) is 6.33 Å². The smallest absolute Gasteiger partial charge is 0.198 e. The third kappa shape index (κ3) is 0.861. The molecule has 0 aliphatic carbocycles. The first-order chi connectivity index (χ1) is 5.38. The minimum Gasteiger partial charge on any atom is -0.382 e. The van der Waals surface area contributed by atoms with Crippen molar-refractivity contribution in [3.8, 4) is 0 Å². The zero-order valence-corrected chi connectivity index (χ0v) is 5.52. The molecule has 5 nitrogen and oxygen atoms in total. The van der Waals surface area contributed by atoms with Gasteiger partial charge in [-0.2, -0.15) is 0 Å². The summed E-state index contributed by atoms with van der Waals surface area (Å²) >= 11 is 0. The second-order valence-electron chi connectivity index (χ2n) is 1.96. The molecule has 11 heavy (non-hydrogen) atoms. The Kier molecular flexibility index (Phi) is 1.15. The SMILES string of the molecule is Nc1ncnc2cn[c]nc12. The number of nitrogens with zero attached hydrogens (tertiary/aromatic N) is 4. The molecule has 2 N–H and O–H groups in total. The average Bonchev–Trinajstić information content (AvgIpc) is 2.06. The molecule has 0 unspecified atom stereocenters. The molecule has 0 aliphatic heterocycles. The van der Waals surface area contributed by atoms with E-state index in [1.807, 2.05) is 0 Å². The molecule has 1 radical (unpaired) electrons. The molecule has 0 atom stereocenters. The van der Waals surface area contributed by atoms with E-state index in [9.17, 15) is 0 Å². The number of nitrogen functional groups attached to an aromatic ring is 1. The van der Waals surface area contributed by atoms with Crippen molar-refractivity contribution in [2.24, 2.45) is 0 Å². The van der Waals surface area contributed by atoms with E-state index in [2.05, 4.69) is 26.3 Å². The molecule has 0 amide bonds. The highest BCUT2D eigenvalue weighted by Gasteiger charge is 1.98. The average molecular weight is 146 g/mol. The van der Waals surface area contributed by atoms with Crippen LogP contribution >= 0.6 is 0 Å². The van der Waals surface area contributed by atoms with Gasteiger partial charge in [-0.15, -0.1) is 0 Å². The van der Waals surface area contributed by atoms with E-state index < -0.39 is 0 Å². The first kappa shape index (κ1) is 5.96. The Bertz CT molecular complexity index is 380. The van der Waals surface area contributed by atoms with E-state index in [1.54, 1.807) is 6.20 Å². The maximum Gasteiger partial charge on any atom is 0.198 e. The number of aromatic nitrogens is 4. The van der Waals surface area contributed by atoms with E-state index in [-0.39, 0.29) is 0 Å². The summed E-state index contributed by atoms with van der Waals surface area (Å²) in [6.07, 6.45) is 5.33. The van der Waals surface area contributed by atoms with Crippen molar-refractivity contribution < 1.29 is 0 Å². The van der Waals surface area contributed by atoms with E-state index in [0.29, 0.717) is 16.9 Å². The van der Waals surface area contributed by atoms with E-state index >= 15 is 0 Å². The molecule has 0 aliphatic rings. The zero-order valence-electron chi connectivity index (χ0n) is 5.52. The lowest BCUT2D eigenvalue weighted by Crippen LogP contribution is -1.95. The summed E-state index contributed by atoms with van der Waals surface area (Å²) in [6.45, 7) is 0. The molecular weight excluding hydrogens is 142 g/mol. The fourth-order valence-electron chi connectivity index (χ4n) is 0.785. The molecule has 5 heteroatoms. The van der Waals surface area contributed by atoms with Gasteiger partial charge in [0.05, 0.1) is 6.20 Å². The topological polar surface area (TPSA) is 77.6 Å². The summed E-state index contributed by atoms with van der Waals surface area (Å²) in [5, 5.41) is 0. The minimum atomic E-state index is 0.355. The van der Waals surface area contributed by atoms with Gasteiger partial charge in [0, 0.05) is 0 Å². The van der Waals surface area contributed by atoms with Gasteiger partial charge in [-0.3, -0.25) is 0 Å². The van der Waals surface area contributed by atoms with Gasteiger partial charge < -0.3 is 5.73 Å². The third-order valence-corrected chi connectivity index (χ3v) is 1.29. The second kappa shape index (κ2) is 2.12. The molecule has 0 spiro atoms. The molecular formula is C6H4N5. The van der Waals surface area contributed by atoms with Gasteiger partial charge >= 0.3 is 0 Å². The molecule has 0 saturated heterocycles. The van der Waals surface area contributed by atoms with Crippen molar-refractivity contribution in [3.63, 3.8) is 0 Å². The molecule has 0 bridgehead atoms. The van der Waals surface area contributed by atoms with Crippen LogP contribution in [0, 0.1) is 6.33 Å². The van der Waals surface area contributed by atoms with Gasteiger partial charge in [0.2, 0.25) is 0 Å². The van der Waals surface area contributed by atoms with Gasteiger partial charge in [0.15, 0.2) is 12.1 Å². The van der Waals surface area contributed by atoms with Crippen LogP contribution in [0.4, 0.5) is 5.82 Å². The van der Waals surface area contributed by atoms with Crippen LogP contribution in [0.3, 0.4) is 0 Å². The first-order valence-electron chi connectivity index (χ1n) is 2.97. The van der Waals surface area contributed by atoms with Crippen molar-refractivity contribution in [1.82, 2.24) is 19.9 Å².